The van der Waals surface area contributed by atoms with Crippen LogP contribution in [0.1, 0.15) is 40.8 Å². The molecule has 4 aliphatic carbocycles. The van der Waals surface area contributed by atoms with Crippen LogP contribution in [0.15, 0.2) is 140 Å². The van der Waals surface area contributed by atoms with Crippen LogP contribution in [0, 0.1) is 6.07 Å². The molecule has 0 saturated carbocycles. The molecule has 2 nitrogen and oxygen atoms in total. The molecule has 10 rings (SSSR count). The Morgan fingerprint density at radius 3 is 1.82 bits per heavy atom. The maximum absolute atomic E-state index is 6.85. The number of hydrogen-bond acceptors (Lipinski definition) is 2. The predicted octanol–water partition coefficient (Wildman–Crippen LogP) is 9.34. The molecule has 0 heterocycles. The van der Waals surface area contributed by atoms with Crippen molar-refractivity contribution in [2.24, 2.45) is 5.73 Å². The van der Waals surface area contributed by atoms with Crippen molar-refractivity contribution in [2.45, 2.75) is 38.6 Å². The maximum Gasteiger partial charge on any atom is 0.150 e. The summed E-state index contributed by atoms with van der Waals surface area (Å²) in [7, 11) is 3.57. The first-order chi connectivity index (χ1) is 22.1. The van der Waals surface area contributed by atoms with Crippen LogP contribution < -0.4 is 20.9 Å². The van der Waals surface area contributed by atoms with Crippen molar-refractivity contribution in [1.82, 2.24) is 0 Å². The third kappa shape index (κ3) is 8.92. The number of aryl methyl sites for hydroxylation is 4. The van der Waals surface area contributed by atoms with Gasteiger partial charge in [-0.3, -0.25) is 0 Å². The number of hydrogen-bond donors (Lipinski definition) is 1. The molecule has 0 amide bonds. The first kappa shape index (κ1) is 33.1. The van der Waals surface area contributed by atoms with Crippen LogP contribution in [0.2, 0.25) is 0 Å². The van der Waals surface area contributed by atoms with E-state index in [1.165, 1.54) is 43.6 Å². The second-order valence-electron chi connectivity index (χ2n) is 11.1. The molecular weight excluding hydrogens is 683 g/mol. The molecule has 2 N–H and O–H groups in total. The second kappa shape index (κ2) is 16.9. The molecule has 1 atom stereocenters. The van der Waals surface area contributed by atoms with E-state index >= 15 is 0 Å². The Labute approximate surface area is 283 Å². The quantitative estimate of drug-likeness (QED) is 0.110. The van der Waals surface area contributed by atoms with Gasteiger partial charge in [0.15, 0.2) is 8.15 Å². The zero-order valence-corrected chi connectivity index (χ0v) is 28.5. The molecule has 0 aliphatic heterocycles. The average molecular weight is 721 g/mol. The zero-order chi connectivity index (χ0) is 31.4. The summed E-state index contributed by atoms with van der Waals surface area (Å²) in [6.07, 6.45) is 4.11. The van der Waals surface area contributed by atoms with Crippen LogP contribution >= 0.6 is 17.7 Å². The largest absolute Gasteiger partial charge is 0.464 e. The van der Waals surface area contributed by atoms with Gasteiger partial charge in [-0.15, -0.1) is 22.4 Å². The molecular formula is C40H37ClNOPPd. The van der Waals surface area contributed by atoms with Gasteiger partial charge in [0.05, 0.1) is 0 Å². The van der Waals surface area contributed by atoms with E-state index in [4.69, 9.17) is 10.3 Å². The molecule has 4 bridgehead atoms. The van der Waals surface area contributed by atoms with E-state index in [0.29, 0.717) is 0 Å². The van der Waals surface area contributed by atoms with Gasteiger partial charge in [-0.1, -0.05) is 115 Å². The first-order valence-corrected chi connectivity index (χ1v) is 18.4. The summed E-state index contributed by atoms with van der Waals surface area (Å²) >= 11 is 2.22. The van der Waals surface area contributed by atoms with Crippen LogP contribution in [0.25, 0.3) is 10.8 Å². The third-order valence-corrected chi connectivity index (χ3v) is 9.83. The molecule has 0 saturated heterocycles. The van der Waals surface area contributed by atoms with Crippen molar-refractivity contribution < 1.29 is 22.7 Å². The third-order valence-electron chi connectivity index (χ3n) is 7.92. The normalized spacial score (nSPS) is 12.7. The van der Waals surface area contributed by atoms with Crippen LogP contribution in [0.5, 0.6) is 5.75 Å². The summed E-state index contributed by atoms with van der Waals surface area (Å²) in [5.74, 6) is 1.04. The Morgan fingerprint density at radius 2 is 1.20 bits per heavy atom. The van der Waals surface area contributed by atoms with Crippen molar-refractivity contribution in [2.75, 3.05) is 0 Å². The Bertz CT molecular complexity index is 1730. The van der Waals surface area contributed by atoms with Gasteiger partial charge in [0.25, 0.3) is 0 Å². The SMILES string of the molecule is C[C@@H](N)c1[c-]ccc2ccccc12.[Cl][Pd+].c1ccc(P(Oc2cc3ccc2CCc2ccc(cc2)CC3)c2ccccc2)cc1. The fraction of sp³-hybridized carbons (Fsp3) is 0.150. The standard InChI is InChI=1S/C28H25OP.C12H12N.ClH.Pd/c1-3-7-26(8-4-1)30(27-9-5-2-6-10-27)29-28-21-24-16-15-22-11-13-23(14-12-22)17-19-25(28)20-18-24;1-9(13)11-8-4-6-10-5-2-3-7-12(10)11;;/h1-14,18,20-21H,15-17,19H2;2-7,9H,13H2,1H3;1H;/q;-1;;+2/p-1/t;9-;;/m.1../s1. The van der Waals surface area contributed by atoms with Gasteiger partial charge >= 0.3 is 27.7 Å². The smallest absolute Gasteiger partial charge is 0.150 e. The van der Waals surface area contributed by atoms with Gasteiger partial charge in [0.1, 0.15) is 5.75 Å². The Balaban J connectivity index is 0.000000223. The molecule has 0 spiro atoms. The summed E-state index contributed by atoms with van der Waals surface area (Å²) in [6.45, 7) is 1.98. The second-order valence-corrected chi connectivity index (χ2v) is 12.9. The monoisotopic (exact) mass is 719 g/mol. The van der Waals surface area contributed by atoms with Gasteiger partial charge in [-0.05, 0) is 60.9 Å². The van der Waals surface area contributed by atoms with Crippen molar-refractivity contribution in [3.63, 3.8) is 0 Å². The van der Waals surface area contributed by atoms with Crippen LogP contribution in [0.3, 0.4) is 0 Å². The average Bonchev–Trinajstić information content (AvgIpc) is 3.10. The topological polar surface area (TPSA) is 35.2 Å². The molecule has 0 radical (unpaired) electrons. The predicted molar refractivity (Wildman–Crippen MR) is 189 cm³/mol. The Hall–Kier alpha value is -3.28. The molecule has 0 fully saturated rings. The van der Waals surface area contributed by atoms with Crippen LogP contribution in [0.4, 0.5) is 0 Å². The molecule has 5 heteroatoms. The van der Waals surface area contributed by atoms with E-state index in [-0.39, 0.29) is 6.04 Å². The van der Waals surface area contributed by atoms with Crippen LogP contribution in [-0.4, -0.2) is 0 Å². The summed E-state index contributed by atoms with van der Waals surface area (Å²) in [5, 5.41) is 4.92. The van der Waals surface area contributed by atoms with E-state index in [1.807, 2.05) is 25.1 Å². The minimum atomic E-state index is -0.916. The fourth-order valence-corrected chi connectivity index (χ4v) is 7.29. The first-order valence-electron chi connectivity index (χ1n) is 15.2. The van der Waals surface area contributed by atoms with Crippen molar-refractivity contribution in [3.05, 3.63) is 173 Å². The molecule has 45 heavy (non-hydrogen) atoms. The van der Waals surface area contributed by atoms with E-state index in [1.54, 1.807) is 0 Å². The zero-order valence-electron chi connectivity index (χ0n) is 25.3. The summed E-state index contributed by atoms with van der Waals surface area (Å²) < 4.78 is 6.85. The van der Waals surface area contributed by atoms with E-state index in [0.717, 1.165) is 37.0 Å². The summed E-state index contributed by atoms with van der Waals surface area (Å²) in [6, 6.07) is 52.7. The number of fused-ring (bicyclic) bond motifs is 1. The molecule has 230 valence electrons. The van der Waals surface area contributed by atoms with E-state index in [2.05, 4.69) is 155 Å². The number of nitrogens with two attached hydrogens (primary N) is 1. The van der Waals surface area contributed by atoms with Gasteiger partial charge in [-0.2, -0.15) is 18.2 Å². The van der Waals surface area contributed by atoms with E-state index in [9.17, 15) is 0 Å². The van der Waals surface area contributed by atoms with Gasteiger partial charge in [0.2, 0.25) is 0 Å². The maximum atomic E-state index is 6.85. The van der Waals surface area contributed by atoms with Crippen molar-refractivity contribution >= 4 is 39.1 Å². The minimum absolute atomic E-state index is 0.0473. The number of halogens is 1. The van der Waals surface area contributed by atoms with E-state index < -0.39 is 8.15 Å². The number of rotatable bonds is 5. The molecule has 6 aromatic rings. The van der Waals surface area contributed by atoms with Gasteiger partial charge in [0, 0.05) is 16.7 Å². The Morgan fingerprint density at radius 1 is 0.667 bits per heavy atom. The summed E-state index contributed by atoms with van der Waals surface area (Å²) in [5.41, 5.74) is 12.4. The van der Waals surface area contributed by atoms with Crippen molar-refractivity contribution in [3.8, 4) is 5.75 Å². The number of benzene rings is 6. The van der Waals surface area contributed by atoms with Crippen LogP contribution in [-0.2, 0) is 43.9 Å². The molecule has 4 aliphatic rings. The minimum Gasteiger partial charge on any atom is -0.464 e. The molecule has 6 aromatic carbocycles. The Kier molecular flexibility index (Phi) is 12.4. The molecule has 0 aromatic heterocycles. The van der Waals surface area contributed by atoms with Gasteiger partial charge in [-0.25, -0.2) is 0 Å². The van der Waals surface area contributed by atoms with Crippen molar-refractivity contribution in [1.29, 1.82) is 0 Å². The van der Waals surface area contributed by atoms with Gasteiger partial charge < -0.3 is 10.3 Å². The fourth-order valence-electron chi connectivity index (χ4n) is 5.53. The molecule has 0 unspecified atom stereocenters. The summed E-state index contributed by atoms with van der Waals surface area (Å²) in [4.78, 5) is 0.